The molecule has 2 aromatic rings. The number of nitrogens with one attached hydrogen (secondary N) is 1. The van der Waals surface area contributed by atoms with E-state index in [9.17, 15) is 0 Å². The average molecular weight is 336 g/mol. The molecule has 0 saturated carbocycles. The number of likely N-dealkylation sites (N-methyl/N-ethyl adjacent to an activating group) is 1. The van der Waals surface area contributed by atoms with E-state index in [-0.39, 0.29) is 0 Å². The van der Waals surface area contributed by atoms with Gasteiger partial charge in [-0.15, -0.1) is 11.3 Å². The Hall–Kier alpha value is -0.900. The van der Waals surface area contributed by atoms with Crippen LogP contribution in [-0.2, 0) is 0 Å². The Morgan fingerprint density at radius 2 is 2.00 bits per heavy atom. The van der Waals surface area contributed by atoms with Gasteiger partial charge in [0.25, 0.3) is 0 Å². The molecule has 100 valence electrons. The molecule has 1 aromatic carbocycles. The van der Waals surface area contributed by atoms with Crippen molar-refractivity contribution in [3.05, 3.63) is 51.3 Å². The minimum Gasteiger partial charge on any atom is -0.314 e. The van der Waals surface area contributed by atoms with E-state index in [1.165, 1.54) is 20.9 Å². The maximum atomic E-state index is 3.61. The van der Waals surface area contributed by atoms with E-state index in [0.29, 0.717) is 6.04 Å². The monoisotopic (exact) mass is 335 g/mol. The molecule has 0 aliphatic carbocycles. The van der Waals surface area contributed by atoms with Crippen LogP contribution in [0.25, 0.3) is 16.5 Å². The van der Waals surface area contributed by atoms with Crippen molar-refractivity contribution in [3.63, 3.8) is 0 Å². The molecule has 3 heteroatoms. The molecule has 1 atom stereocenters. The van der Waals surface area contributed by atoms with Crippen LogP contribution in [0, 0.1) is 0 Å². The number of hydrogen-bond donors (Lipinski definition) is 1. The van der Waals surface area contributed by atoms with Crippen molar-refractivity contribution in [2.24, 2.45) is 0 Å². The summed E-state index contributed by atoms with van der Waals surface area (Å²) in [7, 11) is 1.99. The lowest BCUT2D eigenvalue weighted by Gasteiger charge is -2.09. The Labute approximate surface area is 127 Å². The summed E-state index contributed by atoms with van der Waals surface area (Å²) in [5, 5.41) is 3.26. The molecule has 0 amide bonds. The van der Waals surface area contributed by atoms with E-state index in [0.717, 1.165) is 4.47 Å². The van der Waals surface area contributed by atoms with Crippen LogP contribution >= 0.6 is 27.3 Å². The summed E-state index contributed by atoms with van der Waals surface area (Å²) in [4.78, 5) is 2.59. The molecular formula is C16H18BrNS. The number of rotatable bonds is 4. The van der Waals surface area contributed by atoms with Crippen molar-refractivity contribution in [1.29, 1.82) is 0 Å². The normalized spacial score (nSPS) is 13.6. The molecular weight excluding hydrogens is 318 g/mol. The minimum absolute atomic E-state index is 0.411. The first-order chi connectivity index (χ1) is 9.11. The van der Waals surface area contributed by atoms with E-state index < -0.39 is 0 Å². The first kappa shape index (κ1) is 14.5. The zero-order chi connectivity index (χ0) is 13.8. The van der Waals surface area contributed by atoms with Crippen LogP contribution in [0.2, 0.25) is 0 Å². The second kappa shape index (κ2) is 6.51. The van der Waals surface area contributed by atoms with Crippen molar-refractivity contribution in [3.8, 4) is 10.4 Å². The highest BCUT2D eigenvalue weighted by Crippen LogP contribution is 2.34. The van der Waals surface area contributed by atoms with E-state index >= 15 is 0 Å². The van der Waals surface area contributed by atoms with E-state index in [2.05, 4.69) is 71.5 Å². The van der Waals surface area contributed by atoms with Crippen molar-refractivity contribution < 1.29 is 0 Å². The van der Waals surface area contributed by atoms with Crippen LogP contribution in [-0.4, -0.2) is 13.1 Å². The van der Waals surface area contributed by atoms with Crippen LogP contribution in [0.3, 0.4) is 0 Å². The van der Waals surface area contributed by atoms with Gasteiger partial charge in [0.2, 0.25) is 0 Å². The van der Waals surface area contributed by atoms with Crippen molar-refractivity contribution >= 4 is 33.3 Å². The fourth-order valence-corrected chi connectivity index (χ4v) is 3.50. The van der Waals surface area contributed by atoms with Crippen molar-refractivity contribution in [2.45, 2.75) is 19.9 Å². The molecule has 0 aliphatic rings. The highest BCUT2D eigenvalue weighted by atomic mass is 79.9. The molecule has 1 heterocycles. The van der Waals surface area contributed by atoms with Gasteiger partial charge in [-0.25, -0.2) is 0 Å². The van der Waals surface area contributed by atoms with Gasteiger partial charge in [0.05, 0.1) is 0 Å². The Morgan fingerprint density at radius 3 is 2.68 bits per heavy atom. The zero-order valence-corrected chi connectivity index (χ0v) is 13.8. The third-order valence-corrected chi connectivity index (χ3v) is 5.01. The maximum Gasteiger partial charge on any atom is 0.0360 e. The summed E-state index contributed by atoms with van der Waals surface area (Å²) in [6.07, 6.45) is 2.26. The Kier molecular flexibility index (Phi) is 4.97. The van der Waals surface area contributed by atoms with Crippen LogP contribution in [0.15, 0.2) is 46.4 Å². The topological polar surface area (TPSA) is 12.0 Å². The van der Waals surface area contributed by atoms with Crippen LogP contribution in [0.5, 0.6) is 0 Å². The van der Waals surface area contributed by atoms with Gasteiger partial charge < -0.3 is 5.32 Å². The zero-order valence-electron chi connectivity index (χ0n) is 11.4. The second-order valence-electron chi connectivity index (χ2n) is 4.58. The first-order valence-electron chi connectivity index (χ1n) is 6.32. The van der Waals surface area contributed by atoms with Gasteiger partial charge in [0.1, 0.15) is 0 Å². The summed E-state index contributed by atoms with van der Waals surface area (Å²) in [6.45, 7) is 4.34. The molecule has 0 radical (unpaired) electrons. The molecule has 0 fully saturated rings. The van der Waals surface area contributed by atoms with Crippen LogP contribution in [0.4, 0.5) is 0 Å². The Bertz CT molecular complexity index is 586. The first-order valence-corrected chi connectivity index (χ1v) is 7.93. The lowest BCUT2D eigenvalue weighted by molar-refractivity contribution is 0.696. The van der Waals surface area contributed by atoms with Gasteiger partial charge in [-0.3, -0.25) is 0 Å². The highest BCUT2D eigenvalue weighted by Gasteiger charge is 2.06. The molecule has 0 bridgehead atoms. The second-order valence-corrected chi connectivity index (χ2v) is 6.55. The standard InChI is InChI=1S/C16H18BrNS/c1-11(12(2)18-3)10-13-8-9-16(19-13)14-6-4-5-7-15(14)17/h4-10,12,18H,1-3H3/b11-10+. The molecule has 1 aromatic heterocycles. The van der Waals surface area contributed by atoms with Crippen LogP contribution < -0.4 is 5.32 Å². The fraction of sp³-hybridized carbons (Fsp3) is 0.250. The lowest BCUT2D eigenvalue weighted by Crippen LogP contribution is -2.21. The summed E-state index contributed by atoms with van der Waals surface area (Å²) in [5.41, 5.74) is 2.61. The summed E-state index contributed by atoms with van der Waals surface area (Å²) in [5.74, 6) is 0. The molecule has 0 spiro atoms. The number of halogens is 1. The minimum atomic E-state index is 0.411. The summed E-state index contributed by atoms with van der Waals surface area (Å²) < 4.78 is 1.15. The predicted molar refractivity (Wildman–Crippen MR) is 89.6 cm³/mol. The smallest absolute Gasteiger partial charge is 0.0360 e. The quantitative estimate of drug-likeness (QED) is 0.810. The number of thiophene rings is 1. The largest absolute Gasteiger partial charge is 0.314 e. The van der Waals surface area contributed by atoms with Gasteiger partial charge in [0, 0.05) is 25.8 Å². The van der Waals surface area contributed by atoms with Gasteiger partial charge >= 0.3 is 0 Å². The van der Waals surface area contributed by atoms with E-state index in [1.807, 2.05) is 24.5 Å². The average Bonchev–Trinajstić information content (AvgIpc) is 2.86. The maximum absolute atomic E-state index is 3.61. The SMILES string of the molecule is CNC(C)/C(C)=C/c1ccc(-c2ccccc2Br)s1. The van der Waals surface area contributed by atoms with Crippen molar-refractivity contribution in [2.75, 3.05) is 7.05 Å². The van der Waals surface area contributed by atoms with Gasteiger partial charge in [-0.2, -0.15) is 0 Å². The Balaban J connectivity index is 2.28. The van der Waals surface area contributed by atoms with Crippen molar-refractivity contribution in [1.82, 2.24) is 5.32 Å². The highest BCUT2D eigenvalue weighted by molar-refractivity contribution is 9.10. The summed E-state index contributed by atoms with van der Waals surface area (Å²) in [6, 6.07) is 13.1. The lowest BCUT2D eigenvalue weighted by atomic mass is 10.1. The summed E-state index contributed by atoms with van der Waals surface area (Å²) >= 11 is 5.43. The van der Waals surface area contributed by atoms with Gasteiger partial charge in [-0.1, -0.05) is 39.7 Å². The third-order valence-electron chi connectivity index (χ3n) is 3.25. The molecule has 1 unspecified atom stereocenters. The van der Waals surface area contributed by atoms with Gasteiger partial charge in [-0.05, 0) is 45.2 Å². The van der Waals surface area contributed by atoms with E-state index in [4.69, 9.17) is 0 Å². The third kappa shape index (κ3) is 3.56. The van der Waals surface area contributed by atoms with Gasteiger partial charge in [0.15, 0.2) is 0 Å². The molecule has 0 aliphatic heterocycles. The molecule has 1 N–H and O–H groups in total. The van der Waals surface area contributed by atoms with Crippen LogP contribution in [0.1, 0.15) is 18.7 Å². The number of benzene rings is 1. The molecule has 0 saturated heterocycles. The Morgan fingerprint density at radius 1 is 1.26 bits per heavy atom. The fourth-order valence-electron chi connectivity index (χ4n) is 1.81. The number of hydrogen-bond acceptors (Lipinski definition) is 2. The van der Waals surface area contributed by atoms with E-state index in [1.54, 1.807) is 0 Å². The molecule has 19 heavy (non-hydrogen) atoms. The predicted octanol–water partition coefficient (Wildman–Crippen LogP) is 5.19. The molecule has 2 rings (SSSR count). The molecule has 1 nitrogen and oxygen atoms in total.